The van der Waals surface area contributed by atoms with Crippen LogP contribution in [0.4, 0.5) is 0 Å². The topological polar surface area (TPSA) is 70.1 Å². The minimum atomic E-state index is -0.662. The second-order valence-electron chi connectivity index (χ2n) is 9.85. The number of carbonyl (C=O) groups is 2. The van der Waals surface area contributed by atoms with Crippen molar-refractivity contribution in [2.24, 2.45) is 0 Å². The number of aryl methyl sites for hydroxylation is 1. The molecule has 1 atom stereocenters. The predicted octanol–water partition coefficient (Wildman–Crippen LogP) is 4.28. The molecule has 1 unspecified atom stereocenters. The smallest absolute Gasteiger partial charge is 0.295 e. The number of aliphatic hydroxyl groups excluding tert-OH is 1. The number of nitrogens with zero attached hydrogens (tertiary/aromatic N) is 2. The van der Waals surface area contributed by atoms with Gasteiger partial charge in [-0.1, -0.05) is 45.0 Å². The van der Waals surface area contributed by atoms with E-state index < -0.39 is 17.7 Å². The Hall–Kier alpha value is -3.12. The van der Waals surface area contributed by atoms with E-state index in [0.717, 1.165) is 16.7 Å². The molecule has 1 heterocycles. The standard InChI is InChI=1S/C27H34N2O4/c1-17-16-19(10-13-21(17)33-7)24(30)22-23(18-8-11-20(12-9-18)27(2,3)4)29(15-14-28(5)6)26(32)25(22)31/h8-13,16,23,30H,14-15H2,1-7H3/b24-22-. The van der Waals surface area contributed by atoms with Crippen molar-refractivity contribution in [3.63, 3.8) is 0 Å². The summed E-state index contributed by atoms with van der Waals surface area (Å²) in [6.07, 6.45) is 0. The highest BCUT2D eigenvalue weighted by Crippen LogP contribution is 2.40. The molecular formula is C27H34N2O4. The van der Waals surface area contributed by atoms with Gasteiger partial charge in [0.1, 0.15) is 11.5 Å². The molecule has 33 heavy (non-hydrogen) atoms. The van der Waals surface area contributed by atoms with E-state index in [-0.39, 0.29) is 16.7 Å². The molecule has 1 saturated heterocycles. The van der Waals surface area contributed by atoms with Gasteiger partial charge in [0.05, 0.1) is 18.7 Å². The number of ketones is 1. The number of hydrogen-bond acceptors (Lipinski definition) is 5. The van der Waals surface area contributed by atoms with E-state index in [0.29, 0.717) is 24.4 Å². The summed E-state index contributed by atoms with van der Waals surface area (Å²) in [5.41, 5.74) is 3.36. The summed E-state index contributed by atoms with van der Waals surface area (Å²) in [5.74, 6) is -0.734. The van der Waals surface area contributed by atoms with Gasteiger partial charge in [-0.05, 0) is 61.3 Å². The van der Waals surface area contributed by atoms with E-state index in [4.69, 9.17) is 4.74 Å². The summed E-state index contributed by atoms with van der Waals surface area (Å²) in [4.78, 5) is 29.7. The summed E-state index contributed by atoms with van der Waals surface area (Å²) in [6.45, 7) is 9.26. The molecule has 2 aromatic carbocycles. The number of rotatable bonds is 6. The van der Waals surface area contributed by atoms with Crippen LogP contribution in [0.1, 0.15) is 49.1 Å². The predicted molar refractivity (Wildman–Crippen MR) is 130 cm³/mol. The molecule has 1 N–H and O–H groups in total. The molecule has 1 aliphatic rings. The van der Waals surface area contributed by atoms with E-state index in [9.17, 15) is 14.7 Å². The maximum atomic E-state index is 13.1. The summed E-state index contributed by atoms with van der Waals surface area (Å²) < 4.78 is 5.31. The zero-order chi connectivity index (χ0) is 24.5. The van der Waals surface area contributed by atoms with Crippen molar-refractivity contribution in [3.8, 4) is 5.75 Å². The molecule has 1 fully saturated rings. The number of benzene rings is 2. The Labute approximate surface area is 196 Å². The van der Waals surface area contributed by atoms with Crippen LogP contribution < -0.4 is 4.74 Å². The van der Waals surface area contributed by atoms with Gasteiger partial charge >= 0.3 is 0 Å². The molecule has 2 aromatic rings. The first-order valence-electron chi connectivity index (χ1n) is 11.1. The quantitative estimate of drug-likeness (QED) is 0.404. The van der Waals surface area contributed by atoms with Gasteiger partial charge in [0.2, 0.25) is 0 Å². The van der Waals surface area contributed by atoms with Crippen molar-refractivity contribution in [2.45, 2.75) is 39.2 Å². The van der Waals surface area contributed by atoms with Gasteiger partial charge in [-0.25, -0.2) is 0 Å². The summed E-state index contributed by atoms with van der Waals surface area (Å²) in [5, 5.41) is 11.2. The number of likely N-dealkylation sites (N-methyl/N-ethyl adjacent to an activating group) is 1. The Morgan fingerprint density at radius 2 is 1.73 bits per heavy atom. The number of ether oxygens (including phenoxy) is 1. The number of aliphatic hydroxyl groups is 1. The normalized spacial score (nSPS) is 18.3. The molecular weight excluding hydrogens is 416 g/mol. The average Bonchev–Trinajstić information content (AvgIpc) is 3.01. The maximum absolute atomic E-state index is 13.1. The van der Waals surface area contributed by atoms with Gasteiger partial charge in [-0.15, -0.1) is 0 Å². The van der Waals surface area contributed by atoms with Gasteiger partial charge in [-0.2, -0.15) is 0 Å². The van der Waals surface area contributed by atoms with Crippen LogP contribution in [0, 0.1) is 6.92 Å². The summed E-state index contributed by atoms with van der Waals surface area (Å²) in [7, 11) is 5.42. The van der Waals surface area contributed by atoms with Crippen molar-refractivity contribution in [3.05, 3.63) is 70.3 Å². The number of hydrogen-bond donors (Lipinski definition) is 1. The molecule has 6 heteroatoms. The summed E-state index contributed by atoms with van der Waals surface area (Å²) in [6, 6.07) is 12.5. The van der Waals surface area contributed by atoms with Crippen molar-refractivity contribution in [1.82, 2.24) is 9.80 Å². The van der Waals surface area contributed by atoms with E-state index in [2.05, 4.69) is 20.8 Å². The van der Waals surface area contributed by atoms with Crippen molar-refractivity contribution >= 4 is 17.4 Å². The Balaban J connectivity index is 2.15. The molecule has 3 rings (SSSR count). The minimum absolute atomic E-state index is 0.0219. The van der Waals surface area contributed by atoms with E-state index >= 15 is 0 Å². The summed E-state index contributed by atoms with van der Waals surface area (Å²) >= 11 is 0. The highest BCUT2D eigenvalue weighted by molar-refractivity contribution is 6.46. The third-order valence-electron chi connectivity index (χ3n) is 6.09. The lowest BCUT2D eigenvalue weighted by molar-refractivity contribution is -0.140. The van der Waals surface area contributed by atoms with Crippen LogP contribution in [0.5, 0.6) is 5.75 Å². The lowest BCUT2D eigenvalue weighted by Crippen LogP contribution is -2.35. The first-order chi connectivity index (χ1) is 15.5. The molecule has 6 nitrogen and oxygen atoms in total. The lowest BCUT2D eigenvalue weighted by Gasteiger charge is -2.27. The number of amides is 1. The number of Topliss-reactive ketones (excluding diaryl/α,β-unsaturated/α-hetero) is 1. The molecule has 1 aliphatic heterocycles. The fourth-order valence-corrected chi connectivity index (χ4v) is 4.11. The molecule has 0 radical (unpaired) electrons. The molecule has 0 bridgehead atoms. The highest BCUT2D eigenvalue weighted by atomic mass is 16.5. The zero-order valence-electron chi connectivity index (χ0n) is 20.6. The SMILES string of the molecule is COc1ccc(/C(O)=C2/C(=O)C(=O)N(CCN(C)C)C2c2ccc(C(C)(C)C)cc2)cc1C. The Bertz CT molecular complexity index is 1080. The van der Waals surface area contributed by atoms with Gasteiger partial charge in [0, 0.05) is 18.7 Å². The maximum Gasteiger partial charge on any atom is 0.295 e. The van der Waals surface area contributed by atoms with Crippen LogP contribution in [0.25, 0.3) is 5.76 Å². The van der Waals surface area contributed by atoms with Crippen LogP contribution in [-0.2, 0) is 15.0 Å². The van der Waals surface area contributed by atoms with Crippen molar-refractivity contribution in [1.29, 1.82) is 0 Å². The average molecular weight is 451 g/mol. The zero-order valence-corrected chi connectivity index (χ0v) is 20.6. The minimum Gasteiger partial charge on any atom is -0.507 e. The van der Waals surface area contributed by atoms with Gasteiger partial charge < -0.3 is 19.6 Å². The largest absolute Gasteiger partial charge is 0.507 e. The van der Waals surface area contributed by atoms with Gasteiger partial charge in [0.25, 0.3) is 11.7 Å². The van der Waals surface area contributed by atoms with E-state index in [1.165, 1.54) is 0 Å². The Morgan fingerprint density at radius 3 is 2.24 bits per heavy atom. The van der Waals surface area contributed by atoms with Crippen LogP contribution in [0.2, 0.25) is 0 Å². The molecule has 1 amide bonds. The van der Waals surface area contributed by atoms with E-state index in [1.807, 2.05) is 50.2 Å². The van der Waals surface area contributed by atoms with Crippen LogP contribution in [0.3, 0.4) is 0 Å². The van der Waals surface area contributed by atoms with Gasteiger partial charge in [-0.3, -0.25) is 9.59 Å². The molecule has 0 spiro atoms. The van der Waals surface area contributed by atoms with Crippen LogP contribution in [-0.4, -0.2) is 60.9 Å². The van der Waals surface area contributed by atoms with Crippen LogP contribution in [0.15, 0.2) is 48.0 Å². The second-order valence-corrected chi connectivity index (χ2v) is 9.85. The third kappa shape index (κ3) is 4.96. The first-order valence-corrected chi connectivity index (χ1v) is 11.1. The van der Waals surface area contributed by atoms with E-state index in [1.54, 1.807) is 30.2 Å². The fraction of sp³-hybridized carbons (Fsp3) is 0.407. The van der Waals surface area contributed by atoms with Crippen molar-refractivity contribution < 1.29 is 19.4 Å². The lowest BCUT2D eigenvalue weighted by atomic mass is 9.85. The molecule has 0 aliphatic carbocycles. The fourth-order valence-electron chi connectivity index (χ4n) is 4.11. The molecule has 0 saturated carbocycles. The monoisotopic (exact) mass is 450 g/mol. The van der Waals surface area contributed by atoms with Gasteiger partial charge in [0.15, 0.2) is 0 Å². The molecule has 0 aromatic heterocycles. The first kappa shape index (κ1) is 24.5. The number of likely N-dealkylation sites (tertiary alicyclic amines) is 1. The van der Waals surface area contributed by atoms with Crippen LogP contribution >= 0.6 is 0 Å². The third-order valence-corrected chi connectivity index (χ3v) is 6.09. The van der Waals surface area contributed by atoms with Crippen molar-refractivity contribution in [2.75, 3.05) is 34.3 Å². The second kappa shape index (κ2) is 9.40. The number of carbonyl (C=O) groups excluding carboxylic acids is 2. The Morgan fingerprint density at radius 1 is 1.09 bits per heavy atom. The molecule has 176 valence electrons. The Kier molecular flexibility index (Phi) is 6.98. The number of methoxy groups -OCH3 is 1. The highest BCUT2D eigenvalue weighted by Gasteiger charge is 2.46.